The summed E-state index contributed by atoms with van der Waals surface area (Å²) in [5, 5.41) is -2.76. The zero-order chi connectivity index (χ0) is 31.0. The summed E-state index contributed by atoms with van der Waals surface area (Å²) in [4.78, 5) is 0. The zero-order valence-corrected chi connectivity index (χ0v) is 30.4. The van der Waals surface area contributed by atoms with Gasteiger partial charge in [-0.05, 0) is 72.9 Å². The molecule has 4 atom stereocenters. The molecule has 2 saturated carbocycles. The molecule has 4 unspecified atom stereocenters. The lowest BCUT2D eigenvalue weighted by Crippen LogP contribution is -2.40. The number of rotatable bonds is 14. The lowest BCUT2D eigenvalue weighted by molar-refractivity contribution is -0.0183. The number of methoxy groups -OCH3 is 2. The molecule has 0 aromatic heterocycles. The fourth-order valence-corrected chi connectivity index (χ4v) is 10.7. The van der Waals surface area contributed by atoms with Crippen LogP contribution in [0.15, 0.2) is 48.5 Å². The molecule has 240 valence electrons. The van der Waals surface area contributed by atoms with E-state index in [1.54, 1.807) is 48.5 Å². The number of hydrogen-bond donors (Lipinski definition) is 0. The summed E-state index contributed by atoms with van der Waals surface area (Å²) in [6.45, 7) is 0. The van der Waals surface area contributed by atoms with E-state index in [9.17, 15) is 0 Å². The molecular formula is C32H40F4I2O3S2. The van der Waals surface area contributed by atoms with Crippen LogP contribution in [0.4, 0.5) is 17.6 Å². The molecule has 2 fully saturated rings. The summed E-state index contributed by atoms with van der Waals surface area (Å²) in [6.07, 6.45) is 9.00. The minimum absolute atomic E-state index is 0.106. The van der Waals surface area contributed by atoms with E-state index < -0.39 is 30.2 Å². The zero-order valence-electron chi connectivity index (χ0n) is 24.5. The summed E-state index contributed by atoms with van der Waals surface area (Å²) in [5.74, 6) is -5.39. The van der Waals surface area contributed by atoms with Crippen molar-refractivity contribution in [3.05, 3.63) is 59.7 Å². The van der Waals surface area contributed by atoms with Crippen molar-refractivity contribution in [1.82, 2.24) is 0 Å². The Bertz CT molecular complexity index is 1030. The normalized spacial score (nSPS) is 20.3. The second-order valence-electron chi connectivity index (χ2n) is 11.5. The molecule has 0 radical (unpaired) electrons. The van der Waals surface area contributed by atoms with Crippen molar-refractivity contribution >= 4 is 69.3 Å². The Labute approximate surface area is 289 Å². The summed E-state index contributed by atoms with van der Waals surface area (Å²) in [5.41, 5.74) is 0.742. The van der Waals surface area contributed by atoms with Crippen LogP contribution in [0.3, 0.4) is 0 Å². The van der Waals surface area contributed by atoms with E-state index in [0.717, 1.165) is 64.2 Å². The number of halogens is 6. The van der Waals surface area contributed by atoms with Crippen molar-refractivity contribution in [1.29, 1.82) is 0 Å². The van der Waals surface area contributed by atoms with Crippen LogP contribution < -0.4 is 9.47 Å². The molecule has 0 aliphatic heterocycles. The average molecular weight is 867 g/mol. The van der Waals surface area contributed by atoms with Crippen molar-refractivity contribution < 1.29 is 30.7 Å². The second kappa shape index (κ2) is 16.6. The van der Waals surface area contributed by atoms with E-state index in [1.807, 2.05) is 45.2 Å². The third-order valence-electron chi connectivity index (χ3n) is 8.67. The Balaban J connectivity index is 1.59. The predicted octanol–water partition coefficient (Wildman–Crippen LogP) is 11.8. The highest BCUT2D eigenvalue weighted by atomic mass is 127. The van der Waals surface area contributed by atoms with Gasteiger partial charge in [0.05, 0.1) is 22.1 Å². The Morgan fingerprint density at radius 2 is 0.930 bits per heavy atom. The first-order valence-electron chi connectivity index (χ1n) is 14.9. The molecule has 4 rings (SSSR count). The van der Waals surface area contributed by atoms with Crippen LogP contribution in [0.1, 0.15) is 85.8 Å². The Morgan fingerprint density at radius 1 is 0.605 bits per heavy atom. The highest BCUT2D eigenvalue weighted by molar-refractivity contribution is 14.1. The first-order valence-corrected chi connectivity index (χ1v) is 19.0. The molecule has 0 spiro atoms. The van der Waals surface area contributed by atoms with Gasteiger partial charge in [0, 0.05) is 24.1 Å². The van der Waals surface area contributed by atoms with Gasteiger partial charge in [-0.15, -0.1) is 0 Å². The van der Waals surface area contributed by atoms with Crippen molar-refractivity contribution in [3.63, 3.8) is 0 Å². The molecule has 0 heterocycles. The van der Waals surface area contributed by atoms with E-state index >= 15 is 17.6 Å². The minimum Gasteiger partial charge on any atom is -0.497 e. The molecular weight excluding hydrogens is 826 g/mol. The van der Waals surface area contributed by atoms with Gasteiger partial charge in [-0.25, -0.2) is 21.2 Å². The third kappa shape index (κ3) is 9.03. The molecule has 2 aliphatic rings. The minimum atomic E-state index is -3.14. The van der Waals surface area contributed by atoms with Crippen molar-refractivity contribution in [2.24, 2.45) is 11.8 Å². The topological polar surface area (TPSA) is 27.7 Å². The van der Waals surface area contributed by atoms with Gasteiger partial charge in [0.15, 0.2) is 0 Å². The molecule has 43 heavy (non-hydrogen) atoms. The number of alkyl halides is 6. The van der Waals surface area contributed by atoms with Gasteiger partial charge < -0.3 is 9.47 Å². The fraction of sp³-hybridized carbons (Fsp3) is 0.625. The summed E-state index contributed by atoms with van der Waals surface area (Å²) in [7, 11) is 3.04. The maximum absolute atomic E-state index is 16.4. The standard InChI is InChI=1S/C32H40F4I2O3S2/c1-39-25-17-13-23(14-18-25)29(31(33,34)27(37)21-9-5-3-6-10-21)42-41-43-30(24-15-19-26(40-2)20-16-24)32(35,36)28(38)22-11-7-4-8-12-22/h13-22,27-30H,3-12H2,1-2H3. The average Bonchev–Trinajstić information content (AvgIpc) is 3.04. The van der Waals surface area contributed by atoms with Crippen LogP contribution in [0.2, 0.25) is 0 Å². The molecule has 0 saturated heterocycles. The largest absolute Gasteiger partial charge is 0.497 e. The number of ether oxygens (including phenoxy) is 2. The summed E-state index contributed by atoms with van der Waals surface area (Å²) >= 11 is 4.98. The highest BCUT2D eigenvalue weighted by Crippen LogP contribution is 2.56. The van der Waals surface area contributed by atoms with Crippen LogP contribution >= 0.6 is 69.3 Å². The molecule has 11 heteroatoms. The Morgan fingerprint density at radius 3 is 1.23 bits per heavy atom. The molecule has 2 aromatic carbocycles. The highest BCUT2D eigenvalue weighted by Gasteiger charge is 2.53. The first kappa shape index (κ1) is 35.7. The van der Waals surface area contributed by atoms with E-state index in [0.29, 0.717) is 46.7 Å². The second-order valence-corrected chi connectivity index (χ2v) is 16.1. The van der Waals surface area contributed by atoms with E-state index in [2.05, 4.69) is 0 Å². The van der Waals surface area contributed by atoms with Gasteiger partial charge in [0.2, 0.25) is 0 Å². The van der Waals surface area contributed by atoms with Gasteiger partial charge in [-0.3, -0.25) is 0 Å². The Hall–Kier alpha value is -0.120. The lowest BCUT2D eigenvalue weighted by Gasteiger charge is -2.37. The van der Waals surface area contributed by atoms with Crippen LogP contribution in [-0.4, -0.2) is 33.9 Å². The quantitative estimate of drug-likeness (QED) is 0.0816. The monoisotopic (exact) mass is 866 g/mol. The van der Waals surface area contributed by atoms with Crippen LogP contribution in [0.25, 0.3) is 0 Å². The van der Waals surface area contributed by atoms with Crippen LogP contribution in [0.5, 0.6) is 11.5 Å². The molecule has 3 nitrogen and oxygen atoms in total. The molecule has 0 N–H and O–H groups in total. The van der Waals surface area contributed by atoms with Crippen molar-refractivity contribution in [2.45, 2.75) is 94.4 Å². The molecule has 2 aromatic rings. The van der Waals surface area contributed by atoms with Crippen molar-refractivity contribution in [3.8, 4) is 11.5 Å². The molecule has 2 aliphatic carbocycles. The maximum Gasteiger partial charge on any atom is 0.277 e. The van der Waals surface area contributed by atoms with E-state index in [1.165, 1.54) is 14.2 Å². The van der Waals surface area contributed by atoms with Gasteiger partial charge >= 0.3 is 0 Å². The molecule has 0 amide bonds. The van der Waals surface area contributed by atoms with Gasteiger partial charge in [0.1, 0.15) is 22.0 Å². The number of benzene rings is 2. The first-order chi connectivity index (χ1) is 20.6. The van der Waals surface area contributed by atoms with E-state index in [-0.39, 0.29) is 11.8 Å². The maximum atomic E-state index is 16.4. The number of hydrogen-bond acceptors (Lipinski definition) is 5. The molecule has 0 bridgehead atoms. The van der Waals surface area contributed by atoms with E-state index in [4.69, 9.17) is 13.1 Å². The van der Waals surface area contributed by atoms with Crippen molar-refractivity contribution in [2.75, 3.05) is 14.2 Å². The summed E-state index contributed by atoms with van der Waals surface area (Å²) in [6, 6.07) is 13.0. The van der Waals surface area contributed by atoms with Gasteiger partial charge in [-0.2, -0.15) is 0 Å². The summed E-state index contributed by atoms with van der Waals surface area (Å²) < 4.78 is 79.9. The third-order valence-corrected chi connectivity index (χ3v) is 14.6. The SMILES string of the molecule is COc1ccc(C(SOSC(c2ccc(OC)cc2)C(F)(F)C(I)C2CCCCC2)C(F)(F)C(I)C2CCCCC2)cc1. The van der Waals surface area contributed by atoms with Gasteiger partial charge in [-0.1, -0.05) is 108 Å². The lowest BCUT2D eigenvalue weighted by atomic mass is 9.84. The fourth-order valence-electron chi connectivity index (χ4n) is 6.11. The predicted molar refractivity (Wildman–Crippen MR) is 186 cm³/mol. The van der Waals surface area contributed by atoms with Crippen LogP contribution in [0, 0.1) is 11.8 Å². The smallest absolute Gasteiger partial charge is 0.277 e. The van der Waals surface area contributed by atoms with Crippen LogP contribution in [-0.2, 0) is 3.63 Å². The Kier molecular flexibility index (Phi) is 13.8. The van der Waals surface area contributed by atoms with Gasteiger partial charge in [0.25, 0.3) is 11.8 Å².